The molecule has 1 aromatic heterocycles. The van der Waals surface area contributed by atoms with Gasteiger partial charge in [-0.2, -0.15) is 11.8 Å². The number of hydroxylamine groups is 2. The summed E-state index contributed by atoms with van der Waals surface area (Å²) >= 11 is 1.73. The Bertz CT molecular complexity index is 435. The summed E-state index contributed by atoms with van der Waals surface area (Å²) in [4.78, 5) is 2.06. The molecule has 0 bridgehead atoms. The lowest BCUT2D eigenvalue weighted by Gasteiger charge is -2.19. The number of rotatable bonds is 10. The Balaban J connectivity index is 2.20. The summed E-state index contributed by atoms with van der Waals surface area (Å²) < 4.78 is 5.71. The van der Waals surface area contributed by atoms with Crippen molar-refractivity contribution in [1.82, 2.24) is 20.8 Å². The third-order valence-electron chi connectivity index (χ3n) is 2.50. The fourth-order valence-corrected chi connectivity index (χ4v) is 2.38. The number of nitrogens with one attached hydrogen (secondary N) is 2. The molecule has 3 N–H and O–H groups in total. The maximum Gasteiger partial charge on any atom is 0.118 e. The first kappa shape index (κ1) is 17.7. The summed E-state index contributed by atoms with van der Waals surface area (Å²) in [6, 6.07) is 4.00. The zero-order valence-electron chi connectivity index (χ0n) is 12.6. The largest absolute Gasteiger partial charge is 0.734 e. The molecule has 0 fully saturated rings. The summed E-state index contributed by atoms with van der Waals surface area (Å²) in [5, 5.41) is 24.6. The Morgan fingerprint density at radius 2 is 2.14 bits per heavy atom. The standard InChI is InChI=1S/C13H23N4O3S/c1-14-13(9-17(18)19)15-6-7-21-10-12-5-4-11(20-12)8-16(2)3/h4-5,9,14-15,18H,6-8,10H2,1-3H3/q-1. The molecule has 0 amide bonds. The van der Waals surface area contributed by atoms with Gasteiger partial charge in [-0.3, -0.25) is 5.21 Å². The number of thioether (sulfide) groups is 1. The van der Waals surface area contributed by atoms with Gasteiger partial charge in [-0.05, 0) is 26.2 Å². The lowest BCUT2D eigenvalue weighted by Crippen LogP contribution is -2.27. The van der Waals surface area contributed by atoms with Gasteiger partial charge in [0, 0.05) is 19.3 Å². The average Bonchev–Trinajstić information content (AvgIpc) is 2.83. The Labute approximate surface area is 129 Å². The predicted octanol–water partition coefficient (Wildman–Crippen LogP) is 1.37. The van der Waals surface area contributed by atoms with E-state index in [1.165, 1.54) is 0 Å². The monoisotopic (exact) mass is 315 g/mol. The van der Waals surface area contributed by atoms with Gasteiger partial charge in [0.25, 0.3) is 0 Å². The molecule has 0 atom stereocenters. The van der Waals surface area contributed by atoms with Crippen molar-refractivity contribution in [2.45, 2.75) is 12.3 Å². The predicted molar refractivity (Wildman–Crippen MR) is 84.4 cm³/mol. The van der Waals surface area contributed by atoms with Crippen molar-refractivity contribution < 1.29 is 9.62 Å². The summed E-state index contributed by atoms with van der Waals surface area (Å²) in [5.74, 6) is 4.06. The van der Waals surface area contributed by atoms with Gasteiger partial charge in [-0.25, -0.2) is 0 Å². The van der Waals surface area contributed by atoms with E-state index < -0.39 is 0 Å². The van der Waals surface area contributed by atoms with Crippen LogP contribution in [0.25, 0.3) is 0 Å². The van der Waals surface area contributed by atoms with Gasteiger partial charge in [0.2, 0.25) is 0 Å². The zero-order chi connectivity index (χ0) is 15.7. The molecule has 0 saturated heterocycles. The fourth-order valence-electron chi connectivity index (χ4n) is 1.64. The minimum absolute atomic E-state index is 0.235. The summed E-state index contributed by atoms with van der Waals surface area (Å²) in [5.41, 5.74) is 0. The highest BCUT2D eigenvalue weighted by atomic mass is 32.2. The van der Waals surface area contributed by atoms with Crippen LogP contribution in [0.5, 0.6) is 0 Å². The van der Waals surface area contributed by atoms with Crippen LogP contribution in [0, 0.1) is 5.21 Å². The van der Waals surface area contributed by atoms with Crippen molar-refractivity contribution in [1.29, 1.82) is 0 Å². The van der Waals surface area contributed by atoms with Crippen LogP contribution in [-0.4, -0.2) is 48.8 Å². The highest BCUT2D eigenvalue weighted by molar-refractivity contribution is 7.98. The van der Waals surface area contributed by atoms with Crippen LogP contribution in [0.2, 0.25) is 0 Å². The van der Waals surface area contributed by atoms with E-state index in [-0.39, 0.29) is 5.23 Å². The number of hydrogen-bond acceptors (Lipinski definition) is 8. The molecule has 0 aliphatic rings. The first-order valence-corrected chi connectivity index (χ1v) is 7.75. The lowest BCUT2D eigenvalue weighted by molar-refractivity contribution is 0.0101. The Morgan fingerprint density at radius 3 is 2.76 bits per heavy atom. The number of nitrogens with zero attached hydrogens (tertiary/aromatic N) is 2. The second-order valence-corrected chi connectivity index (χ2v) is 5.79. The lowest BCUT2D eigenvalue weighted by atomic mass is 10.4. The first-order chi connectivity index (χ1) is 10.0. The highest BCUT2D eigenvalue weighted by Gasteiger charge is 2.03. The van der Waals surface area contributed by atoms with Gasteiger partial charge >= 0.3 is 0 Å². The van der Waals surface area contributed by atoms with E-state index in [1.807, 2.05) is 26.2 Å². The topological polar surface area (TPSA) is 87.0 Å². The molecule has 0 unspecified atom stereocenters. The van der Waals surface area contributed by atoms with Gasteiger partial charge in [-0.15, -0.1) is 0 Å². The van der Waals surface area contributed by atoms with Crippen molar-refractivity contribution in [3.05, 3.63) is 40.9 Å². The molecular weight excluding hydrogens is 292 g/mol. The van der Waals surface area contributed by atoms with Gasteiger partial charge in [0.05, 0.1) is 18.5 Å². The Hall–Kier alpha value is -1.35. The molecule has 1 rings (SSSR count). The molecule has 0 radical (unpaired) electrons. The Morgan fingerprint density at radius 1 is 1.43 bits per heavy atom. The molecule has 1 aromatic rings. The van der Waals surface area contributed by atoms with Crippen molar-refractivity contribution >= 4 is 11.8 Å². The minimum Gasteiger partial charge on any atom is -0.734 e. The molecule has 0 aliphatic heterocycles. The highest BCUT2D eigenvalue weighted by Crippen LogP contribution is 2.15. The number of furan rings is 1. The SMILES string of the molecule is CNC(=CN([O-])O)NCCSCc1ccc(CN(C)C)o1. The van der Waals surface area contributed by atoms with E-state index >= 15 is 0 Å². The van der Waals surface area contributed by atoms with E-state index in [4.69, 9.17) is 9.62 Å². The van der Waals surface area contributed by atoms with Crippen molar-refractivity contribution in [2.24, 2.45) is 0 Å². The molecule has 120 valence electrons. The van der Waals surface area contributed by atoms with Crippen molar-refractivity contribution in [3.8, 4) is 0 Å². The molecule has 0 spiro atoms. The van der Waals surface area contributed by atoms with Crippen LogP contribution >= 0.6 is 11.8 Å². The molecule has 7 nitrogen and oxygen atoms in total. The van der Waals surface area contributed by atoms with E-state index in [0.29, 0.717) is 12.4 Å². The van der Waals surface area contributed by atoms with E-state index in [0.717, 1.165) is 35.8 Å². The third kappa shape index (κ3) is 7.86. The summed E-state index contributed by atoms with van der Waals surface area (Å²) in [6.07, 6.45) is 1.03. The average molecular weight is 315 g/mol. The zero-order valence-corrected chi connectivity index (χ0v) is 13.4. The number of hydrogen-bond donors (Lipinski definition) is 3. The van der Waals surface area contributed by atoms with Crippen LogP contribution in [0.4, 0.5) is 0 Å². The summed E-state index contributed by atoms with van der Waals surface area (Å²) in [6.45, 7) is 1.48. The summed E-state index contributed by atoms with van der Waals surface area (Å²) in [7, 11) is 5.68. The molecule has 21 heavy (non-hydrogen) atoms. The maximum atomic E-state index is 10.5. The van der Waals surface area contributed by atoms with Gasteiger partial charge < -0.3 is 30.4 Å². The quantitative estimate of drug-likeness (QED) is 0.441. The van der Waals surface area contributed by atoms with Crippen LogP contribution in [0.3, 0.4) is 0 Å². The normalized spacial score (nSPS) is 11.8. The van der Waals surface area contributed by atoms with Crippen LogP contribution in [0.15, 0.2) is 28.6 Å². The maximum absolute atomic E-state index is 10.5. The minimum atomic E-state index is -0.235. The first-order valence-electron chi connectivity index (χ1n) is 6.60. The van der Waals surface area contributed by atoms with E-state index in [1.54, 1.807) is 18.8 Å². The van der Waals surface area contributed by atoms with Gasteiger partial charge in [0.15, 0.2) is 0 Å². The van der Waals surface area contributed by atoms with Crippen molar-refractivity contribution in [2.75, 3.05) is 33.4 Å². The second kappa shape index (κ2) is 9.56. The molecule has 0 saturated carbocycles. The van der Waals surface area contributed by atoms with Crippen LogP contribution < -0.4 is 10.6 Å². The van der Waals surface area contributed by atoms with Gasteiger partial charge in [-0.1, -0.05) is 0 Å². The smallest absolute Gasteiger partial charge is 0.118 e. The second-order valence-electron chi connectivity index (χ2n) is 4.68. The van der Waals surface area contributed by atoms with Crippen molar-refractivity contribution in [3.63, 3.8) is 0 Å². The Kier molecular flexibility index (Phi) is 8.06. The van der Waals surface area contributed by atoms with Crippen LogP contribution in [-0.2, 0) is 12.3 Å². The third-order valence-corrected chi connectivity index (χ3v) is 3.49. The van der Waals surface area contributed by atoms with E-state index in [9.17, 15) is 5.21 Å². The fraction of sp³-hybridized carbons (Fsp3) is 0.538. The molecule has 1 heterocycles. The molecular formula is C13H23N4O3S-. The van der Waals surface area contributed by atoms with Crippen LogP contribution in [0.1, 0.15) is 11.5 Å². The molecule has 0 aliphatic carbocycles. The molecule has 8 heteroatoms. The van der Waals surface area contributed by atoms with Gasteiger partial charge in [0.1, 0.15) is 17.3 Å². The van der Waals surface area contributed by atoms with E-state index in [2.05, 4.69) is 15.5 Å². The molecule has 0 aromatic carbocycles.